The lowest BCUT2D eigenvalue weighted by molar-refractivity contribution is 0.567. The third-order valence-electron chi connectivity index (χ3n) is 3.55. The highest BCUT2D eigenvalue weighted by Crippen LogP contribution is 2.37. The Bertz CT molecular complexity index is 591. The lowest BCUT2D eigenvalue weighted by Crippen LogP contribution is -2.39. The average Bonchev–Trinajstić information content (AvgIpc) is 2.79. The Labute approximate surface area is 98.9 Å². The zero-order valence-electron chi connectivity index (χ0n) is 10.0. The maximum Gasteiger partial charge on any atom is 0.330 e. The van der Waals surface area contributed by atoms with Crippen LogP contribution in [-0.2, 0) is 14.1 Å². The van der Waals surface area contributed by atoms with E-state index in [9.17, 15) is 9.59 Å². The number of hydrogen-bond acceptors (Lipinski definition) is 3. The number of aryl methyl sites for hydroxylation is 1. The van der Waals surface area contributed by atoms with Crippen molar-refractivity contribution in [2.45, 2.75) is 25.2 Å². The Balaban J connectivity index is 2.58. The van der Waals surface area contributed by atoms with Gasteiger partial charge in [-0.25, -0.2) is 4.79 Å². The van der Waals surface area contributed by atoms with Crippen LogP contribution in [0.1, 0.15) is 30.7 Å². The topological polar surface area (TPSA) is 67.8 Å². The summed E-state index contributed by atoms with van der Waals surface area (Å²) in [5, 5.41) is 9.05. The number of hydrogen-bond donors (Lipinski definition) is 0. The first-order valence-electron chi connectivity index (χ1n) is 5.72. The smallest absolute Gasteiger partial charge is 0.303 e. The molecule has 1 fully saturated rings. The summed E-state index contributed by atoms with van der Waals surface area (Å²) in [7, 11) is 3.10. The second-order valence-corrected chi connectivity index (χ2v) is 4.62. The number of nitriles is 1. The summed E-state index contributed by atoms with van der Waals surface area (Å²) in [4.78, 5) is 23.6. The van der Waals surface area contributed by atoms with E-state index in [1.807, 2.05) is 0 Å². The molecule has 0 N–H and O–H groups in total. The Kier molecular flexibility index (Phi) is 2.88. The molecule has 2 atom stereocenters. The van der Waals surface area contributed by atoms with Gasteiger partial charge in [0.2, 0.25) is 0 Å². The van der Waals surface area contributed by atoms with E-state index < -0.39 is 0 Å². The van der Waals surface area contributed by atoms with Gasteiger partial charge in [-0.3, -0.25) is 9.36 Å². The largest absolute Gasteiger partial charge is 0.330 e. The first-order chi connectivity index (χ1) is 8.06. The summed E-state index contributed by atoms with van der Waals surface area (Å²) in [6.45, 7) is 0. The van der Waals surface area contributed by atoms with Crippen molar-refractivity contribution >= 4 is 0 Å². The van der Waals surface area contributed by atoms with Crippen molar-refractivity contribution in [1.82, 2.24) is 9.13 Å². The summed E-state index contributed by atoms with van der Waals surface area (Å²) in [6.07, 6.45) is 4.25. The summed E-state index contributed by atoms with van der Waals surface area (Å²) in [5.74, 6) is -0.120. The van der Waals surface area contributed by atoms with Gasteiger partial charge in [0.25, 0.3) is 5.56 Å². The van der Waals surface area contributed by atoms with Crippen LogP contribution in [0.3, 0.4) is 0 Å². The lowest BCUT2D eigenvalue weighted by Gasteiger charge is -2.14. The van der Waals surface area contributed by atoms with E-state index >= 15 is 0 Å². The molecular weight excluding hydrogens is 218 g/mol. The van der Waals surface area contributed by atoms with Crippen LogP contribution in [-0.4, -0.2) is 9.13 Å². The van der Waals surface area contributed by atoms with Gasteiger partial charge in [0.15, 0.2) is 0 Å². The number of rotatable bonds is 1. The maximum atomic E-state index is 12.0. The van der Waals surface area contributed by atoms with Gasteiger partial charge in [0, 0.05) is 31.8 Å². The molecule has 0 bridgehead atoms. The highest BCUT2D eigenvalue weighted by Gasteiger charge is 2.31. The lowest BCUT2D eigenvalue weighted by atomic mass is 9.91. The standard InChI is InChI=1S/C12H15N3O2/c1-14-7-10(11(16)15(2)12(14)17)9-5-3-4-8(9)6-13/h7-9H,3-5H2,1-2H3. The second kappa shape index (κ2) is 4.21. The van der Waals surface area contributed by atoms with Crippen LogP contribution in [0.15, 0.2) is 15.8 Å². The molecule has 1 aliphatic carbocycles. The highest BCUT2D eigenvalue weighted by atomic mass is 16.2. The van der Waals surface area contributed by atoms with E-state index in [0.29, 0.717) is 5.56 Å². The Morgan fingerprint density at radius 2 is 2.06 bits per heavy atom. The summed E-state index contributed by atoms with van der Waals surface area (Å²) in [6, 6.07) is 2.26. The minimum absolute atomic E-state index is 0.0227. The van der Waals surface area contributed by atoms with Crippen LogP contribution < -0.4 is 11.2 Å². The molecular formula is C12H15N3O2. The Morgan fingerprint density at radius 1 is 1.35 bits per heavy atom. The predicted octanol–water partition coefficient (Wildman–Crippen LogP) is 0.491. The molecule has 0 amide bonds. The van der Waals surface area contributed by atoms with E-state index in [1.165, 1.54) is 11.6 Å². The summed E-state index contributed by atoms with van der Waals surface area (Å²) < 4.78 is 2.52. The Hall–Kier alpha value is -1.83. The quantitative estimate of drug-likeness (QED) is 0.709. The normalized spacial score (nSPS) is 23.6. The molecule has 0 aromatic carbocycles. The van der Waals surface area contributed by atoms with Gasteiger partial charge in [-0.2, -0.15) is 5.26 Å². The zero-order chi connectivity index (χ0) is 12.6. The molecule has 0 aliphatic heterocycles. The molecule has 2 unspecified atom stereocenters. The van der Waals surface area contributed by atoms with Gasteiger partial charge in [-0.15, -0.1) is 0 Å². The number of nitrogens with zero attached hydrogens (tertiary/aromatic N) is 3. The van der Waals surface area contributed by atoms with Crippen molar-refractivity contribution in [2.24, 2.45) is 20.0 Å². The fraction of sp³-hybridized carbons (Fsp3) is 0.583. The van der Waals surface area contributed by atoms with Crippen molar-refractivity contribution in [3.05, 3.63) is 32.6 Å². The van der Waals surface area contributed by atoms with Crippen molar-refractivity contribution in [3.63, 3.8) is 0 Å². The molecule has 0 saturated heterocycles. The van der Waals surface area contributed by atoms with Crippen LogP contribution in [0, 0.1) is 17.2 Å². The molecule has 1 heterocycles. The zero-order valence-corrected chi connectivity index (χ0v) is 10.0. The van der Waals surface area contributed by atoms with Gasteiger partial charge in [0.05, 0.1) is 12.0 Å². The third-order valence-corrected chi connectivity index (χ3v) is 3.55. The molecule has 5 nitrogen and oxygen atoms in total. The predicted molar refractivity (Wildman–Crippen MR) is 62.6 cm³/mol. The van der Waals surface area contributed by atoms with E-state index in [4.69, 9.17) is 5.26 Å². The highest BCUT2D eigenvalue weighted by molar-refractivity contribution is 5.18. The molecule has 1 aromatic heterocycles. The fourth-order valence-electron chi connectivity index (χ4n) is 2.58. The second-order valence-electron chi connectivity index (χ2n) is 4.62. The molecule has 17 heavy (non-hydrogen) atoms. The van der Waals surface area contributed by atoms with Gasteiger partial charge in [-0.1, -0.05) is 6.42 Å². The van der Waals surface area contributed by atoms with Crippen LogP contribution in [0.25, 0.3) is 0 Å². The van der Waals surface area contributed by atoms with Crippen LogP contribution in [0.5, 0.6) is 0 Å². The molecule has 0 radical (unpaired) electrons. The summed E-state index contributed by atoms with van der Waals surface area (Å²) >= 11 is 0. The molecule has 90 valence electrons. The molecule has 1 saturated carbocycles. The van der Waals surface area contributed by atoms with Gasteiger partial charge in [0.1, 0.15) is 0 Å². The van der Waals surface area contributed by atoms with Crippen molar-refractivity contribution in [1.29, 1.82) is 5.26 Å². The van der Waals surface area contributed by atoms with Crippen molar-refractivity contribution in [2.75, 3.05) is 0 Å². The fourth-order valence-corrected chi connectivity index (χ4v) is 2.58. The first-order valence-corrected chi connectivity index (χ1v) is 5.72. The van der Waals surface area contributed by atoms with E-state index in [1.54, 1.807) is 13.2 Å². The summed E-state index contributed by atoms with van der Waals surface area (Å²) in [5.41, 5.74) is 0.00385. The maximum absolute atomic E-state index is 12.0. The number of aromatic nitrogens is 2. The van der Waals surface area contributed by atoms with E-state index in [2.05, 4.69) is 6.07 Å². The molecule has 0 spiro atoms. The molecule has 5 heteroatoms. The van der Waals surface area contributed by atoms with Gasteiger partial charge >= 0.3 is 5.69 Å². The first kappa shape index (κ1) is 11.6. The minimum Gasteiger partial charge on any atom is -0.303 e. The molecule has 1 aromatic rings. The van der Waals surface area contributed by atoms with Crippen LogP contribution >= 0.6 is 0 Å². The van der Waals surface area contributed by atoms with E-state index in [0.717, 1.165) is 23.8 Å². The third kappa shape index (κ3) is 1.80. The van der Waals surface area contributed by atoms with Gasteiger partial charge in [-0.05, 0) is 12.8 Å². The van der Waals surface area contributed by atoms with E-state index in [-0.39, 0.29) is 23.1 Å². The monoisotopic (exact) mass is 233 g/mol. The molecule has 1 aliphatic rings. The van der Waals surface area contributed by atoms with Crippen molar-refractivity contribution in [3.8, 4) is 6.07 Å². The SMILES string of the molecule is Cn1cc(C2CCCC2C#N)c(=O)n(C)c1=O. The minimum atomic E-state index is -0.328. The van der Waals surface area contributed by atoms with Crippen LogP contribution in [0.2, 0.25) is 0 Å². The van der Waals surface area contributed by atoms with Crippen molar-refractivity contribution < 1.29 is 0 Å². The van der Waals surface area contributed by atoms with Crippen LogP contribution in [0.4, 0.5) is 0 Å². The Morgan fingerprint density at radius 3 is 2.71 bits per heavy atom. The average molecular weight is 233 g/mol. The molecule has 2 rings (SSSR count). The van der Waals surface area contributed by atoms with Gasteiger partial charge < -0.3 is 4.57 Å².